The molecule has 2 N–H and O–H groups in total. The number of nitrogens with zero attached hydrogens (tertiary/aromatic N) is 3. The number of rotatable bonds is 3. The van der Waals surface area contributed by atoms with Crippen molar-refractivity contribution < 1.29 is 8.78 Å². The van der Waals surface area contributed by atoms with E-state index in [9.17, 15) is 4.39 Å². The van der Waals surface area contributed by atoms with E-state index in [1.54, 1.807) is 36.5 Å². The number of hydrogen-bond donors (Lipinski definition) is 2. The van der Waals surface area contributed by atoms with Crippen LogP contribution in [0.4, 0.5) is 8.78 Å². The van der Waals surface area contributed by atoms with Crippen molar-refractivity contribution in [3.63, 3.8) is 0 Å². The molecule has 0 saturated carbocycles. The van der Waals surface area contributed by atoms with Gasteiger partial charge in [-0.1, -0.05) is 24.3 Å². The lowest BCUT2D eigenvalue weighted by molar-refractivity contribution is 0.425. The summed E-state index contributed by atoms with van der Waals surface area (Å²) in [6, 6.07) is 17.2. The Morgan fingerprint density at radius 2 is 1.86 bits per heavy atom. The molecule has 7 heteroatoms. The van der Waals surface area contributed by atoms with Crippen LogP contribution >= 0.6 is 0 Å². The molecule has 0 aliphatic carbocycles. The Morgan fingerprint density at radius 3 is 2.68 bits per heavy atom. The van der Waals surface area contributed by atoms with Crippen LogP contribution < -0.4 is 5.49 Å². The van der Waals surface area contributed by atoms with E-state index in [1.807, 2.05) is 6.07 Å². The zero-order valence-electron chi connectivity index (χ0n) is 14.6. The van der Waals surface area contributed by atoms with Crippen molar-refractivity contribution in [3.05, 3.63) is 89.8 Å². The van der Waals surface area contributed by atoms with Crippen LogP contribution in [0.25, 0.3) is 22.2 Å². The molecule has 1 unspecified atom stereocenters. The predicted octanol–water partition coefficient (Wildman–Crippen LogP) is 4.25. The predicted molar refractivity (Wildman–Crippen MR) is 102 cm³/mol. The first-order valence-corrected chi connectivity index (χ1v) is 8.51. The van der Waals surface area contributed by atoms with Gasteiger partial charge in [0.2, 0.25) is 0 Å². The molecule has 4 aromatic rings. The summed E-state index contributed by atoms with van der Waals surface area (Å²) in [5, 5.41) is 21.2. The maximum atomic E-state index is 15.1. The van der Waals surface area contributed by atoms with E-state index in [4.69, 9.17) is 10.8 Å². The van der Waals surface area contributed by atoms with E-state index in [1.165, 1.54) is 30.3 Å². The molecule has 0 saturated heterocycles. The minimum absolute atomic E-state index is 0.143. The van der Waals surface area contributed by atoms with Gasteiger partial charge in [-0.25, -0.2) is 8.78 Å². The molecule has 0 fully saturated rings. The highest BCUT2D eigenvalue weighted by atomic mass is 19.1. The topological polar surface area (TPSA) is 78.4 Å². The van der Waals surface area contributed by atoms with Gasteiger partial charge in [-0.2, -0.15) is 9.78 Å². The first kappa shape index (κ1) is 17.7. The zero-order valence-corrected chi connectivity index (χ0v) is 14.6. The smallest absolute Gasteiger partial charge is 0.184 e. The van der Waals surface area contributed by atoms with Crippen LogP contribution in [0.5, 0.6) is 0 Å². The van der Waals surface area contributed by atoms with Gasteiger partial charge in [0.1, 0.15) is 11.3 Å². The Hall–Kier alpha value is -3.74. The Labute approximate surface area is 158 Å². The maximum Gasteiger partial charge on any atom is 0.184 e. The minimum Gasteiger partial charge on any atom is -0.284 e. The first-order chi connectivity index (χ1) is 13.5. The van der Waals surface area contributed by atoms with Crippen LogP contribution in [0.15, 0.2) is 72.9 Å². The molecular formula is C21H15F2N5. The van der Waals surface area contributed by atoms with Gasteiger partial charge < -0.3 is 0 Å². The fourth-order valence-corrected chi connectivity index (χ4v) is 2.93. The fraction of sp³-hybridized carbons (Fsp3) is 0.0476. The molecule has 0 radical (unpaired) electrons. The highest BCUT2D eigenvalue weighted by Gasteiger charge is 2.20. The van der Waals surface area contributed by atoms with E-state index in [2.05, 4.69) is 10.1 Å². The van der Waals surface area contributed by atoms with E-state index < -0.39 is 17.8 Å². The summed E-state index contributed by atoms with van der Waals surface area (Å²) in [4.78, 5) is 4.20. The van der Waals surface area contributed by atoms with Crippen LogP contribution in [0.2, 0.25) is 0 Å². The van der Waals surface area contributed by atoms with Crippen molar-refractivity contribution >= 4 is 16.7 Å². The molecule has 138 valence electrons. The normalized spacial score (nSPS) is 12.1. The minimum atomic E-state index is -1.78. The fourth-order valence-electron chi connectivity index (χ4n) is 2.93. The third kappa shape index (κ3) is 3.29. The van der Waals surface area contributed by atoms with Gasteiger partial charge in [-0.3, -0.25) is 15.8 Å². The highest BCUT2D eigenvalue weighted by Crippen LogP contribution is 2.23. The molecule has 0 bridgehead atoms. The Bertz CT molecular complexity index is 1250. The van der Waals surface area contributed by atoms with Gasteiger partial charge in [0, 0.05) is 17.1 Å². The maximum absolute atomic E-state index is 15.1. The second-order valence-corrected chi connectivity index (χ2v) is 6.23. The monoisotopic (exact) mass is 375 g/mol. The molecule has 28 heavy (non-hydrogen) atoms. The molecule has 0 aliphatic heterocycles. The van der Waals surface area contributed by atoms with Gasteiger partial charge in [-0.05, 0) is 48.0 Å². The molecule has 0 amide bonds. The summed E-state index contributed by atoms with van der Waals surface area (Å²) in [5.41, 5.74) is 1.68. The van der Waals surface area contributed by atoms with Crippen molar-refractivity contribution in [2.75, 3.05) is 0 Å². The SMILES string of the molecule is N=C(C(F)c1ccc2ncccc2c1)n1nc(-c2cccc(F)c2)ccc1=N. The summed E-state index contributed by atoms with van der Waals surface area (Å²) < 4.78 is 29.5. The number of pyridine rings is 1. The van der Waals surface area contributed by atoms with E-state index >= 15 is 4.39 Å². The second kappa shape index (κ2) is 7.11. The Kier molecular flexibility index (Phi) is 4.49. The summed E-state index contributed by atoms with van der Waals surface area (Å²) in [6.07, 6.45) is -0.130. The summed E-state index contributed by atoms with van der Waals surface area (Å²) in [6.45, 7) is 0. The zero-order chi connectivity index (χ0) is 19.7. The second-order valence-electron chi connectivity index (χ2n) is 6.23. The lowest BCUT2D eigenvalue weighted by atomic mass is 10.1. The molecule has 2 aromatic carbocycles. The summed E-state index contributed by atoms with van der Waals surface area (Å²) >= 11 is 0. The number of benzene rings is 2. The van der Waals surface area contributed by atoms with Crippen LogP contribution in [0, 0.1) is 16.6 Å². The third-order valence-corrected chi connectivity index (χ3v) is 4.34. The third-order valence-electron chi connectivity index (χ3n) is 4.34. The van der Waals surface area contributed by atoms with E-state index in [0.29, 0.717) is 11.3 Å². The number of nitrogens with one attached hydrogen (secondary N) is 2. The Balaban J connectivity index is 1.72. The first-order valence-electron chi connectivity index (χ1n) is 8.51. The average Bonchev–Trinajstić information content (AvgIpc) is 2.72. The van der Waals surface area contributed by atoms with Gasteiger partial charge in [0.05, 0.1) is 11.2 Å². The quantitative estimate of drug-likeness (QED) is 0.415. The van der Waals surface area contributed by atoms with Crippen molar-refractivity contribution in [2.45, 2.75) is 6.17 Å². The lowest BCUT2D eigenvalue weighted by Gasteiger charge is -2.14. The molecular weight excluding hydrogens is 360 g/mol. The Morgan fingerprint density at radius 1 is 1.00 bits per heavy atom. The van der Waals surface area contributed by atoms with Crippen LogP contribution in [0.3, 0.4) is 0 Å². The number of halogens is 2. The number of fused-ring (bicyclic) bond motifs is 1. The van der Waals surface area contributed by atoms with Crippen molar-refractivity contribution in [1.29, 1.82) is 10.8 Å². The average molecular weight is 375 g/mol. The summed E-state index contributed by atoms with van der Waals surface area (Å²) in [5.74, 6) is -0.921. The molecule has 2 aromatic heterocycles. The molecule has 5 nitrogen and oxygen atoms in total. The lowest BCUT2D eigenvalue weighted by Crippen LogP contribution is -2.31. The molecule has 0 spiro atoms. The number of aromatic nitrogens is 3. The van der Waals surface area contributed by atoms with Gasteiger partial charge >= 0.3 is 0 Å². The molecule has 0 aliphatic rings. The van der Waals surface area contributed by atoms with Gasteiger partial charge in [-0.15, -0.1) is 0 Å². The molecule has 2 heterocycles. The van der Waals surface area contributed by atoms with Crippen LogP contribution in [-0.2, 0) is 0 Å². The van der Waals surface area contributed by atoms with Gasteiger partial charge in [0.25, 0.3) is 0 Å². The van der Waals surface area contributed by atoms with Crippen molar-refractivity contribution in [3.8, 4) is 11.3 Å². The van der Waals surface area contributed by atoms with Gasteiger partial charge in [0.15, 0.2) is 12.0 Å². The highest BCUT2D eigenvalue weighted by molar-refractivity contribution is 5.88. The van der Waals surface area contributed by atoms with Crippen molar-refractivity contribution in [2.24, 2.45) is 0 Å². The van der Waals surface area contributed by atoms with E-state index in [0.717, 1.165) is 15.6 Å². The standard InChI is InChI=1S/C21H15F2N5/c22-16-5-1-3-14(12-16)18-8-9-19(24)28(27-18)21(25)20(23)15-6-7-17-13(11-15)4-2-10-26-17/h1-12,20,24-25H. The molecule has 1 atom stereocenters. The number of hydrogen-bond acceptors (Lipinski definition) is 4. The number of alkyl halides is 1. The van der Waals surface area contributed by atoms with Crippen LogP contribution in [-0.4, -0.2) is 20.6 Å². The summed E-state index contributed by atoms with van der Waals surface area (Å²) in [7, 11) is 0. The van der Waals surface area contributed by atoms with Crippen LogP contribution in [0.1, 0.15) is 11.7 Å². The largest absolute Gasteiger partial charge is 0.284 e. The molecule has 4 rings (SSSR count). The van der Waals surface area contributed by atoms with E-state index in [-0.39, 0.29) is 11.1 Å². The van der Waals surface area contributed by atoms with Crippen molar-refractivity contribution in [1.82, 2.24) is 14.8 Å².